The molecule has 3 rings (SSSR count). The summed E-state index contributed by atoms with van der Waals surface area (Å²) >= 11 is 0. The van der Waals surface area contributed by atoms with Crippen LogP contribution in [0.25, 0.3) is 11.4 Å². The lowest BCUT2D eigenvalue weighted by Gasteiger charge is -2.15. The zero-order valence-corrected chi connectivity index (χ0v) is 16.7. The zero-order valence-electron chi connectivity index (χ0n) is 15.9. The highest BCUT2D eigenvalue weighted by atomic mass is 32.2. The van der Waals surface area contributed by atoms with Gasteiger partial charge >= 0.3 is 0 Å². The Balaban J connectivity index is 1.78. The standard InChI is InChI=1S/C19H27N5O2S/c1-24(2)11-6-10-20-17-13-18(21-16-9-12-27(25,26)14-16)23-19(22-17)15-7-4-3-5-8-15/h3-5,7-8,13,16H,6,9-12,14H2,1-2H3,(H2,20,21,22,23). The van der Waals surface area contributed by atoms with E-state index >= 15 is 0 Å². The predicted octanol–water partition coefficient (Wildman–Crippen LogP) is 2.11. The van der Waals surface area contributed by atoms with Gasteiger partial charge in [0.05, 0.1) is 11.5 Å². The van der Waals surface area contributed by atoms with Crippen LogP contribution in [0.4, 0.5) is 11.6 Å². The van der Waals surface area contributed by atoms with Crippen molar-refractivity contribution in [2.45, 2.75) is 18.9 Å². The molecule has 0 bridgehead atoms. The minimum absolute atomic E-state index is 0.102. The normalized spacial score (nSPS) is 18.6. The molecule has 146 valence electrons. The van der Waals surface area contributed by atoms with Crippen LogP contribution in [0, 0.1) is 0 Å². The molecule has 0 amide bonds. The number of benzene rings is 1. The highest BCUT2D eigenvalue weighted by molar-refractivity contribution is 7.91. The average molecular weight is 390 g/mol. The third-order valence-corrected chi connectivity index (χ3v) is 6.20. The van der Waals surface area contributed by atoms with Gasteiger partial charge in [-0.1, -0.05) is 30.3 Å². The maximum Gasteiger partial charge on any atom is 0.163 e. The Morgan fingerprint density at radius 1 is 1.15 bits per heavy atom. The van der Waals surface area contributed by atoms with E-state index in [1.54, 1.807) is 0 Å². The topological polar surface area (TPSA) is 87.2 Å². The number of hydrogen-bond donors (Lipinski definition) is 2. The molecule has 27 heavy (non-hydrogen) atoms. The van der Waals surface area contributed by atoms with Gasteiger partial charge < -0.3 is 15.5 Å². The summed E-state index contributed by atoms with van der Waals surface area (Å²) in [6.45, 7) is 1.80. The second-order valence-corrected chi connectivity index (χ2v) is 9.38. The van der Waals surface area contributed by atoms with Crippen LogP contribution in [0.5, 0.6) is 0 Å². The van der Waals surface area contributed by atoms with Gasteiger partial charge in [-0.3, -0.25) is 0 Å². The van der Waals surface area contributed by atoms with Gasteiger partial charge in [0.1, 0.15) is 11.6 Å². The summed E-state index contributed by atoms with van der Waals surface area (Å²) in [6, 6.07) is 11.5. The van der Waals surface area contributed by atoms with Gasteiger partial charge in [-0.2, -0.15) is 0 Å². The van der Waals surface area contributed by atoms with Crippen molar-refractivity contribution < 1.29 is 8.42 Å². The molecule has 2 N–H and O–H groups in total. The highest BCUT2D eigenvalue weighted by Gasteiger charge is 2.28. The first-order chi connectivity index (χ1) is 12.9. The largest absolute Gasteiger partial charge is 0.370 e. The van der Waals surface area contributed by atoms with E-state index in [1.165, 1.54) is 0 Å². The Bertz CT molecular complexity index is 856. The van der Waals surface area contributed by atoms with Gasteiger partial charge in [0, 0.05) is 24.2 Å². The van der Waals surface area contributed by atoms with Crippen molar-refractivity contribution in [1.82, 2.24) is 14.9 Å². The van der Waals surface area contributed by atoms with E-state index in [0.29, 0.717) is 18.1 Å². The summed E-state index contributed by atoms with van der Waals surface area (Å²) in [4.78, 5) is 11.4. The van der Waals surface area contributed by atoms with Crippen LogP contribution in [0.3, 0.4) is 0 Å². The lowest BCUT2D eigenvalue weighted by molar-refractivity contribution is 0.405. The number of nitrogens with one attached hydrogen (secondary N) is 2. The molecular weight excluding hydrogens is 362 g/mol. The Morgan fingerprint density at radius 3 is 2.56 bits per heavy atom. The second-order valence-electron chi connectivity index (χ2n) is 7.16. The van der Waals surface area contributed by atoms with Crippen molar-refractivity contribution in [2.24, 2.45) is 0 Å². The Hall–Kier alpha value is -2.19. The second kappa shape index (κ2) is 8.67. The number of nitrogens with zero attached hydrogens (tertiary/aromatic N) is 3. The maximum atomic E-state index is 11.7. The first-order valence-electron chi connectivity index (χ1n) is 9.21. The molecule has 1 unspecified atom stereocenters. The van der Waals surface area contributed by atoms with E-state index in [0.717, 1.165) is 30.9 Å². The van der Waals surface area contributed by atoms with Gasteiger partial charge in [-0.05, 0) is 33.5 Å². The molecule has 0 spiro atoms. The number of aromatic nitrogens is 2. The molecule has 0 radical (unpaired) electrons. The summed E-state index contributed by atoms with van der Waals surface area (Å²) in [6.07, 6.45) is 1.61. The third kappa shape index (κ3) is 5.90. The molecule has 1 aromatic carbocycles. The molecule has 8 heteroatoms. The van der Waals surface area contributed by atoms with E-state index in [2.05, 4.69) is 39.6 Å². The molecule has 0 saturated carbocycles. The van der Waals surface area contributed by atoms with Gasteiger partial charge in [0.25, 0.3) is 0 Å². The first kappa shape index (κ1) is 19.6. The van der Waals surface area contributed by atoms with Crippen LogP contribution < -0.4 is 10.6 Å². The van der Waals surface area contributed by atoms with E-state index in [4.69, 9.17) is 0 Å². The summed E-state index contributed by atoms with van der Waals surface area (Å²) < 4.78 is 23.5. The van der Waals surface area contributed by atoms with Crippen LogP contribution in [-0.4, -0.2) is 68.0 Å². The molecule has 1 aromatic heterocycles. The number of anilines is 2. The minimum atomic E-state index is -2.94. The molecule has 0 aliphatic carbocycles. The number of rotatable bonds is 8. The molecule has 2 aromatic rings. The maximum absolute atomic E-state index is 11.7. The number of sulfone groups is 1. The molecule has 1 saturated heterocycles. The van der Waals surface area contributed by atoms with Crippen LogP contribution >= 0.6 is 0 Å². The van der Waals surface area contributed by atoms with Crippen LogP contribution in [0.15, 0.2) is 36.4 Å². The predicted molar refractivity (Wildman–Crippen MR) is 110 cm³/mol. The Kier molecular flexibility index (Phi) is 6.28. The Morgan fingerprint density at radius 2 is 1.89 bits per heavy atom. The monoisotopic (exact) mass is 389 g/mol. The average Bonchev–Trinajstić information content (AvgIpc) is 2.97. The van der Waals surface area contributed by atoms with Crippen molar-refractivity contribution in [3.63, 3.8) is 0 Å². The van der Waals surface area contributed by atoms with Crippen LogP contribution in [0.2, 0.25) is 0 Å². The fourth-order valence-electron chi connectivity index (χ4n) is 3.06. The quantitative estimate of drug-likeness (QED) is 0.669. The van der Waals surface area contributed by atoms with Crippen molar-refractivity contribution in [1.29, 1.82) is 0 Å². The lowest BCUT2D eigenvalue weighted by Crippen LogP contribution is -2.22. The Labute approximate surface area is 161 Å². The van der Waals surface area contributed by atoms with Crippen molar-refractivity contribution in [3.05, 3.63) is 36.4 Å². The molecule has 2 heterocycles. The van der Waals surface area contributed by atoms with Crippen molar-refractivity contribution in [2.75, 3.05) is 49.3 Å². The SMILES string of the molecule is CN(C)CCCNc1cc(NC2CCS(=O)(=O)C2)nc(-c2ccccc2)n1. The van der Waals surface area contributed by atoms with Gasteiger partial charge in [0.2, 0.25) is 0 Å². The molecule has 1 aliphatic heterocycles. The summed E-state index contributed by atoms with van der Waals surface area (Å²) in [5.41, 5.74) is 0.927. The summed E-state index contributed by atoms with van der Waals surface area (Å²) in [5.74, 6) is 2.41. The van der Waals surface area contributed by atoms with E-state index < -0.39 is 9.84 Å². The molecule has 1 atom stereocenters. The van der Waals surface area contributed by atoms with E-state index in [9.17, 15) is 8.42 Å². The van der Waals surface area contributed by atoms with Gasteiger partial charge in [-0.15, -0.1) is 0 Å². The zero-order chi connectivity index (χ0) is 19.3. The molecular formula is C19H27N5O2S. The highest BCUT2D eigenvalue weighted by Crippen LogP contribution is 2.22. The fraction of sp³-hybridized carbons (Fsp3) is 0.474. The van der Waals surface area contributed by atoms with Gasteiger partial charge in [0.15, 0.2) is 15.7 Å². The minimum Gasteiger partial charge on any atom is -0.370 e. The lowest BCUT2D eigenvalue weighted by atomic mass is 10.2. The fourth-order valence-corrected chi connectivity index (χ4v) is 4.73. The van der Waals surface area contributed by atoms with E-state index in [-0.39, 0.29) is 17.5 Å². The number of hydrogen-bond acceptors (Lipinski definition) is 7. The summed E-state index contributed by atoms with van der Waals surface area (Å²) in [5, 5.41) is 6.63. The molecule has 7 nitrogen and oxygen atoms in total. The smallest absolute Gasteiger partial charge is 0.163 e. The molecule has 1 fully saturated rings. The van der Waals surface area contributed by atoms with Crippen LogP contribution in [0.1, 0.15) is 12.8 Å². The van der Waals surface area contributed by atoms with Crippen LogP contribution in [-0.2, 0) is 9.84 Å². The van der Waals surface area contributed by atoms with E-state index in [1.807, 2.05) is 36.4 Å². The van der Waals surface area contributed by atoms with Crippen molar-refractivity contribution in [3.8, 4) is 11.4 Å². The molecule has 1 aliphatic rings. The summed E-state index contributed by atoms with van der Waals surface area (Å²) in [7, 11) is 1.16. The van der Waals surface area contributed by atoms with Crippen molar-refractivity contribution >= 4 is 21.5 Å². The third-order valence-electron chi connectivity index (χ3n) is 4.43. The first-order valence-corrected chi connectivity index (χ1v) is 11.0. The van der Waals surface area contributed by atoms with Gasteiger partial charge in [-0.25, -0.2) is 18.4 Å².